The Morgan fingerprint density at radius 3 is 2.57 bits per heavy atom. The van der Waals surface area contributed by atoms with Gasteiger partial charge in [-0.3, -0.25) is 4.79 Å². The standard InChI is InChI=1S/C17H13F3N2O/c18-17(19,20)14-10-12(15-8-9-16(23)22-21-15)6-7-13(14)11-4-2-1-3-5-11/h1-4,6-11H,5H2,(H,22,23). The molecule has 0 radical (unpaired) electrons. The summed E-state index contributed by atoms with van der Waals surface area (Å²) in [7, 11) is 0. The first kappa shape index (κ1) is 15.3. The second kappa shape index (κ2) is 5.87. The minimum Gasteiger partial charge on any atom is -0.268 e. The lowest BCUT2D eigenvalue weighted by Crippen LogP contribution is -2.12. The molecule has 0 spiro atoms. The molecule has 0 saturated heterocycles. The predicted molar refractivity (Wildman–Crippen MR) is 80.9 cm³/mol. The molecule has 1 aromatic carbocycles. The van der Waals surface area contributed by atoms with E-state index in [-0.39, 0.29) is 11.5 Å². The van der Waals surface area contributed by atoms with Crippen molar-refractivity contribution in [2.45, 2.75) is 18.5 Å². The molecule has 1 atom stereocenters. The van der Waals surface area contributed by atoms with Crippen molar-refractivity contribution in [3.63, 3.8) is 0 Å². The smallest absolute Gasteiger partial charge is 0.268 e. The van der Waals surface area contributed by atoms with Crippen molar-refractivity contribution in [2.75, 3.05) is 0 Å². The van der Waals surface area contributed by atoms with Crippen LogP contribution in [0.2, 0.25) is 0 Å². The van der Waals surface area contributed by atoms with Crippen LogP contribution in [0.4, 0.5) is 13.2 Å². The first-order valence-electron chi connectivity index (χ1n) is 7.06. The van der Waals surface area contributed by atoms with Gasteiger partial charge >= 0.3 is 6.18 Å². The van der Waals surface area contributed by atoms with Crippen molar-refractivity contribution in [3.05, 3.63) is 76.1 Å². The molecule has 0 amide bonds. The molecule has 118 valence electrons. The van der Waals surface area contributed by atoms with Crippen molar-refractivity contribution in [1.82, 2.24) is 10.2 Å². The molecule has 23 heavy (non-hydrogen) atoms. The van der Waals surface area contributed by atoms with Crippen molar-refractivity contribution in [2.24, 2.45) is 0 Å². The fourth-order valence-corrected chi connectivity index (χ4v) is 2.60. The van der Waals surface area contributed by atoms with Crippen LogP contribution in [0.15, 0.2) is 59.4 Å². The van der Waals surface area contributed by atoms with Gasteiger partial charge in [0.05, 0.1) is 11.3 Å². The average Bonchev–Trinajstić information content (AvgIpc) is 2.55. The summed E-state index contributed by atoms with van der Waals surface area (Å²) < 4.78 is 40.3. The largest absolute Gasteiger partial charge is 0.416 e. The third-order valence-corrected chi connectivity index (χ3v) is 3.71. The van der Waals surface area contributed by atoms with Gasteiger partial charge in [-0.2, -0.15) is 18.3 Å². The van der Waals surface area contributed by atoms with Gasteiger partial charge in [0.15, 0.2) is 0 Å². The van der Waals surface area contributed by atoms with E-state index in [2.05, 4.69) is 10.2 Å². The average molecular weight is 318 g/mol. The first-order chi connectivity index (χ1) is 10.9. The molecule has 1 aromatic heterocycles. The monoisotopic (exact) mass is 318 g/mol. The number of halogens is 3. The third kappa shape index (κ3) is 3.26. The molecule has 2 aromatic rings. The summed E-state index contributed by atoms with van der Waals surface area (Å²) in [6, 6.07) is 6.80. The molecule has 3 nitrogen and oxygen atoms in total. The van der Waals surface area contributed by atoms with Crippen molar-refractivity contribution >= 4 is 0 Å². The second-order valence-corrected chi connectivity index (χ2v) is 5.26. The number of H-pyrrole nitrogens is 1. The highest BCUT2D eigenvalue weighted by molar-refractivity contribution is 5.61. The zero-order valence-corrected chi connectivity index (χ0v) is 12.0. The van der Waals surface area contributed by atoms with E-state index >= 15 is 0 Å². The van der Waals surface area contributed by atoms with Gasteiger partial charge < -0.3 is 0 Å². The van der Waals surface area contributed by atoms with E-state index in [1.807, 2.05) is 12.2 Å². The fraction of sp³-hybridized carbons (Fsp3) is 0.176. The van der Waals surface area contributed by atoms with Gasteiger partial charge in [0.1, 0.15) is 0 Å². The highest BCUT2D eigenvalue weighted by atomic mass is 19.4. The summed E-state index contributed by atoms with van der Waals surface area (Å²) in [5, 5.41) is 6.01. The van der Waals surface area contributed by atoms with Crippen molar-refractivity contribution in [1.29, 1.82) is 0 Å². The van der Waals surface area contributed by atoms with Gasteiger partial charge in [0.2, 0.25) is 0 Å². The maximum absolute atomic E-state index is 13.4. The molecule has 0 saturated carbocycles. The van der Waals surface area contributed by atoms with E-state index < -0.39 is 17.3 Å². The fourth-order valence-electron chi connectivity index (χ4n) is 2.60. The quantitative estimate of drug-likeness (QED) is 0.908. The van der Waals surface area contributed by atoms with Crippen LogP contribution in [0.3, 0.4) is 0 Å². The van der Waals surface area contributed by atoms with E-state index in [1.54, 1.807) is 18.2 Å². The molecule has 1 unspecified atom stereocenters. The summed E-state index contributed by atoms with van der Waals surface area (Å²) in [6.07, 6.45) is 3.27. The van der Waals surface area contributed by atoms with E-state index in [0.29, 0.717) is 17.7 Å². The lowest BCUT2D eigenvalue weighted by atomic mass is 9.87. The van der Waals surface area contributed by atoms with Gasteiger partial charge in [-0.05, 0) is 24.1 Å². The van der Waals surface area contributed by atoms with Gasteiger partial charge in [0, 0.05) is 17.5 Å². The van der Waals surface area contributed by atoms with Crippen LogP contribution in [-0.4, -0.2) is 10.2 Å². The van der Waals surface area contributed by atoms with Gasteiger partial charge in [-0.25, -0.2) is 5.10 Å². The Balaban J connectivity index is 2.08. The first-order valence-corrected chi connectivity index (χ1v) is 7.06. The number of rotatable bonds is 2. The molecule has 0 bridgehead atoms. The van der Waals surface area contributed by atoms with Crippen LogP contribution in [0.25, 0.3) is 11.3 Å². The molecular formula is C17H13F3N2O. The number of alkyl halides is 3. The number of hydrogen-bond donors (Lipinski definition) is 1. The highest BCUT2D eigenvalue weighted by Crippen LogP contribution is 2.39. The summed E-state index contributed by atoms with van der Waals surface area (Å²) in [5.74, 6) is -0.297. The number of benzene rings is 1. The Morgan fingerprint density at radius 1 is 1.13 bits per heavy atom. The number of nitrogens with one attached hydrogen (secondary N) is 1. The Morgan fingerprint density at radius 2 is 1.96 bits per heavy atom. The van der Waals surface area contributed by atoms with Crippen LogP contribution in [0.5, 0.6) is 0 Å². The van der Waals surface area contributed by atoms with Crippen molar-refractivity contribution in [3.8, 4) is 11.3 Å². The SMILES string of the molecule is O=c1ccc(-c2ccc(C3C=CC=CC3)c(C(F)(F)F)c2)n[nH]1. The molecule has 1 aliphatic carbocycles. The maximum Gasteiger partial charge on any atom is 0.416 e. The van der Waals surface area contributed by atoms with E-state index in [4.69, 9.17) is 0 Å². The Kier molecular flexibility index (Phi) is 3.90. The van der Waals surface area contributed by atoms with Crippen LogP contribution >= 0.6 is 0 Å². The minimum atomic E-state index is -4.46. The summed E-state index contributed by atoms with van der Waals surface area (Å²) >= 11 is 0. The molecule has 1 aliphatic rings. The Labute approximate surface area is 130 Å². The third-order valence-electron chi connectivity index (χ3n) is 3.71. The van der Waals surface area contributed by atoms with Crippen LogP contribution < -0.4 is 5.56 Å². The number of nitrogens with zero attached hydrogens (tertiary/aromatic N) is 1. The molecule has 0 fully saturated rings. The lowest BCUT2D eigenvalue weighted by molar-refractivity contribution is -0.138. The maximum atomic E-state index is 13.4. The molecule has 1 N–H and O–H groups in total. The summed E-state index contributed by atoms with van der Waals surface area (Å²) in [5.41, 5.74) is -0.229. The predicted octanol–water partition coefficient (Wildman–Crippen LogP) is 4.06. The number of aromatic nitrogens is 2. The number of allylic oxidation sites excluding steroid dienone is 4. The number of hydrogen-bond acceptors (Lipinski definition) is 2. The Bertz CT molecular complexity index is 814. The van der Waals surface area contributed by atoms with Crippen LogP contribution in [0.1, 0.15) is 23.5 Å². The highest BCUT2D eigenvalue weighted by Gasteiger charge is 2.35. The van der Waals surface area contributed by atoms with Gasteiger partial charge in [-0.15, -0.1) is 0 Å². The molecule has 1 heterocycles. The summed E-state index contributed by atoms with van der Waals surface area (Å²) in [4.78, 5) is 11.0. The van der Waals surface area contributed by atoms with E-state index in [0.717, 1.165) is 6.07 Å². The molecule has 3 rings (SSSR count). The van der Waals surface area contributed by atoms with E-state index in [1.165, 1.54) is 18.2 Å². The summed E-state index contributed by atoms with van der Waals surface area (Å²) in [6.45, 7) is 0. The van der Waals surface area contributed by atoms with Gasteiger partial charge in [0.25, 0.3) is 5.56 Å². The number of aromatic amines is 1. The Hall–Kier alpha value is -2.63. The lowest BCUT2D eigenvalue weighted by Gasteiger charge is -2.20. The zero-order chi connectivity index (χ0) is 16.4. The normalized spacial score (nSPS) is 17.4. The minimum absolute atomic E-state index is 0.242. The second-order valence-electron chi connectivity index (χ2n) is 5.26. The zero-order valence-electron chi connectivity index (χ0n) is 12.0. The van der Waals surface area contributed by atoms with Gasteiger partial charge in [-0.1, -0.05) is 36.4 Å². The molecular weight excluding hydrogens is 305 g/mol. The van der Waals surface area contributed by atoms with Crippen LogP contribution in [-0.2, 0) is 6.18 Å². The van der Waals surface area contributed by atoms with Crippen molar-refractivity contribution < 1.29 is 13.2 Å². The van der Waals surface area contributed by atoms with Crippen LogP contribution in [0, 0.1) is 0 Å². The van der Waals surface area contributed by atoms with E-state index in [9.17, 15) is 18.0 Å². The topological polar surface area (TPSA) is 45.8 Å². The molecule has 0 aliphatic heterocycles. The molecule has 6 heteroatoms.